The van der Waals surface area contributed by atoms with Crippen LogP contribution < -0.4 is 10.6 Å². The van der Waals surface area contributed by atoms with Crippen LogP contribution >= 0.6 is 0 Å². The first-order valence-corrected chi connectivity index (χ1v) is 7.98. The zero-order valence-corrected chi connectivity index (χ0v) is 13.8. The molecule has 2 amide bonds. The van der Waals surface area contributed by atoms with Gasteiger partial charge in [0.25, 0.3) is 0 Å². The third-order valence-electron chi connectivity index (χ3n) is 4.03. The summed E-state index contributed by atoms with van der Waals surface area (Å²) < 4.78 is 0. The van der Waals surface area contributed by atoms with Gasteiger partial charge in [-0.2, -0.15) is 0 Å². The Kier molecular flexibility index (Phi) is 5.73. The Hall–Kier alpha value is -2.63. The largest absolute Gasteiger partial charge is 0.481 e. The fourth-order valence-electron chi connectivity index (χ4n) is 2.54. The normalized spacial score (nSPS) is 19.8. The maximum Gasteiger partial charge on any atom is 0.307 e. The van der Waals surface area contributed by atoms with Crippen LogP contribution in [0, 0.1) is 17.8 Å². The molecular formula is C18H22N2O4. The molecule has 0 saturated carbocycles. The maximum atomic E-state index is 12.4. The number of allylic oxidation sites excluding steroid dienone is 2. The molecule has 1 aliphatic rings. The number of anilines is 2. The first-order valence-electron chi connectivity index (χ1n) is 7.98. The molecule has 0 radical (unpaired) electrons. The number of carbonyl (C=O) groups is 3. The van der Waals surface area contributed by atoms with Crippen LogP contribution in [0.3, 0.4) is 0 Å². The van der Waals surface area contributed by atoms with Crippen LogP contribution in [0.2, 0.25) is 0 Å². The molecule has 0 spiro atoms. The fourth-order valence-corrected chi connectivity index (χ4v) is 2.54. The van der Waals surface area contributed by atoms with Gasteiger partial charge in [-0.15, -0.1) is 0 Å². The highest BCUT2D eigenvalue weighted by Crippen LogP contribution is 2.27. The zero-order chi connectivity index (χ0) is 17.7. The quantitative estimate of drug-likeness (QED) is 0.723. The minimum Gasteiger partial charge on any atom is -0.481 e. The van der Waals surface area contributed by atoms with Crippen LogP contribution in [0.15, 0.2) is 36.4 Å². The van der Waals surface area contributed by atoms with Crippen molar-refractivity contribution in [2.45, 2.75) is 26.7 Å². The number of rotatable bonds is 5. The van der Waals surface area contributed by atoms with Gasteiger partial charge >= 0.3 is 5.97 Å². The molecule has 0 heterocycles. The molecule has 0 saturated heterocycles. The van der Waals surface area contributed by atoms with E-state index >= 15 is 0 Å². The van der Waals surface area contributed by atoms with Crippen LogP contribution in [-0.4, -0.2) is 22.9 Å². The molecule has 128 valence electrons. The number of hydrogen-bond acceptors (Lipinski definition) is 3. The molecule has 1 aromatic rings. The Balaban J connectivity index is 2.00. The summed E-state index contributed by atoms with van der Waals surface area (Å²) in [6.07, 6.45) is 4.43. The first kappa shape index (κ1) is 17.7. The average molecular weight is 330 g/mol. The highest BCUT2D eigenvalue weighted by molar-refractivity contribution is 5.96. The molecule has 24 heavy (non-hydrogen) atoms. The molecule has 0 unspecified atom stereocenters. The van der Waals surface area contributed by atoms with E-state index in [0.29, 0.717) is 24.2 Å². The topological polar surface area (TPSA) is 95.5 Å². The second-order valence-corrected chi connectivity index (χ2v) is 6.20. The second-order valence-electron chi connectivity index (χ2n) is 6.20. The molecule has 3 N–H and O–H groups in total. The van der Waals surface area contributed by atoms with E-state index in [4.69, 9.17) is 0 Å². The number of amides is 2. The summed E-state index contributed by atoms with van der Waals surface area (Å²) in [5.74, 6) is -2.72. The maximum absolute atomic E-state index is 12.4. The molecule has 0 aromatic heterocycles. The lowest BCUT2D eigenvalue weighted by atomic mass is 9.82. The SMILES string of the molecule is CC(C)C(=O)Nc1ccc(NC(=O)[C@@H]2CC=CC[C@@H]2C(=O)O)cc1. The minimum atomic E-state index is -0.953. The monoisotopic (exact) mass is 330 g/mol. The van der Waals surface area contributed by atoms with Crippen molar-refractivity contribution in [3.05, 3.63) is 36.4 Å². The number of benzene rings is 1. The van der Waals surface area contributed by atoms with Crippen molar-refractivity contribution < 1.29 is 19.5 Å². The van der Waals surface area contributed by atoms with Crippen LogP contribution in [0.5, 0.6) is 0 Å². The third kappa shape index (κ3) is 4.44. The second kappa shape index (κ2) is 7.77. The lowest BCUT2D eigenvalue weighted by Crippen LogP contribution is -2.34. The number of carbonyl (C=O) groups excluding carboxylic acids is 2. The van der Waals surface area contributed by atoms with Gasteiger partial charge in [-0.1, -0.05) is 26.0 Å². The van der Waals surface area contributed by atoms with Crippen molar-refractivity contribution in [2.24, 2.45) is 17.8 Å². The molecule has 0 bridgehead atoms. The molecule has 2 atom stereocenters. The highest BCUT2D eigenvalue weighted by atomic mass is 16.4. The average Bonchev–Trinajstić information content (AvgIpc) is 2.56. The summed E-state index contributed by atoms with van der Waals surface area (Å²) in [4.78, 5) is 35.3. The predicted molar refractivity (Wildman–Crippen MR) is 91.5 cm³/mol. The van der Waals surface area contributed by atoms with Gasteiger partial charge in [0.05, 0.1) is 11.8 Å². The van der Waals surface area contributed by atoms with Crippen molar-refractivity contribution in [2.75, 3.05) is 10.6 Å². The van der Waals surface area contributed by atoms with Gasteiger partial charge < -0.3 is 15.7 Å². The summed E-state index contributed by atoms with van der Waals surface area (Å²) in [5, 5.41) is 14.8. The third-order valence-corrected chi connectivity index (χ3v) is 4.03. The van der Waals surface area contributed by atoms with Gasteiger partial charge in [-0.25, -0.2) is 0 Å². The number of hydrogen-bond donors (Lipinski definition) is 3. The standard InChI is InChI=1S/C18H22N2O4/c1-11(2)16(21)19-12-7-9-13(10-8-12)20-17(22)14-5-3-4-6-15(14)18(23)24/h3-4,7-11,14-15H,5-6H2,1-2H3,(H,19,21)(H,20,22)(H,23,24)/t14-,15+/m1/s1. The molecule has 6 heteroatoms. The number of nitrogens with one attached hydrogen (secondary N) is 2. The predicted octanol–water partition coefficient (Wildman–Crippen LogP) is 2.89. The Labute approximate surface area is 140 Å². The van der Waals surface area contributed by atoms with Crippen LogP contribution in [0.1, 0.15) is 26.7 Å². The van der Waals surface area contributed by atoms with Crippen molar-refractivity contribution in [1.29, 1.82) is 0 Å². The van der Waals surface area contributed by atoms with E-state index in [0.717, 1.165) is 0 Å². The molecule has 0 fully saturated rings. The van der Waals surface area contributed by atoms with Crippen molar-refractivity contribution in [3.63, 3.8) is 0 Å². The zero-order valence-electron chi connectivity index (χ0n) is 13.8. The van der Waals surface area contributed by atoms with E-state index in [1.54, 1.807) is 44.2 Å². The highest BCUT2D eigenvalue weighted by Gasteiger charge is 2.33. The Morgan fingerprint density at radius 2 is 1.46 bits per heavy atom. The van der Waals surface area contributed by atoms with E-state index in [1.165, 1.54) is 0 Å². The summed E-state index contributed by atoms with van der Waals surface area (Å²) in [5.41, 5.74) is 1.22. The van der Waals surface area contributed by atoms with Crippen molar-refractivity contribution in [3.8, 4) is 0 Å². The van der Waals surface area contributed by atoms with E-state index in [-0.39, 0.29) is 17.7 Å². The van der Waals surface area contributed by atoms with Crippen LogP contribution in [0.25, 0.3) is 0 Å². The lowest BCUT2D eigenvalue weighted by Gasteiger charge is -2.24. The summed E-state index contributed by atoms with van der Waals surface area (Å²) in [7, 11) is 0. The molecule has 1 aromatic carbocycles. The smallest absolute Gasteiger partial charge is 0.307 e. The number of carboxylic acid groups (broad SMARTS) is 1. The van der Waals surface area contributed by atoms with E-state index in [1.807, 2.05) is 6.08 Å². The Morgan fingerprint density at radius 3 is 1.96 bits per heavy atom. The van der Waals surface area contributed by atoms with Gasteiger partial charge in [0, 0.05) is 17.3 Å². The van der Waals surface area contributed by atoms with Crippen LogP contribution in [0.4, 0.5) is 11.4 Å². The molecule has 2 rings (SSSR count). The first-order chi connectivity index (χ1) is 11.4. The van der Waals surface area contributed by atoms with Gasteiger partial charge in [0.15, 0.2) is 0 Å². The summed E-state index contributed by atoms with van der Waals surface area (Å²) in [6.45, 7) is 3.61. The van der Waals surface area contributed by atoms with E-state index in [9.17, 15) is 19.5 Å². The molecule has 0 aliphatic heterocycles. The van der Waals surface area contributed by atoms with Crippen molar-refractivity contribution in [1.82, 2.24) is 0 Å². The summed E-state index contributed by atoms with van der Waals surface area (Å²) >= 11 is 0. The fraction of sp³-hybridized carbons (Fsp3) is 0.389. The molecule has 1 aliphatic carbocycles. The van der Waals surface area contributed by atoms with Gasteiger partial charge in [-0.3, -0.25) is 14.4 Å². The molecule has 6 nitrogen and oxygen atoms in total. The van der Waals surface area contributed by atoms with Gasteiger partial charge in [-0.05, 0) is 37.1 Å². The Morgan fingerprint density at radius 1 is 0.958 bits per heavy atom. The van der Waals surface area contributed by atoms with Gasteiger partial charge in [0.2, 0.25) is 11.8 Å². The number of carboxylic acids is 1. The number of aliphatic carboxylic acids is 1. The lowest BCUT2D eigenvalue weighted by molar-refractivity contribution is -0.146. The van der Waals surface area contributed by atoms with Crippen molar-refractivity contribution >= 4 is 29.2 Å². The van der Waals surface area contributed by atoms with E-state index < -0.39 is 17.8 Å². The van der Waals surface area contributed by atoms with E-state index in [2.05, 4.69) is 10.6 Å². The van der Waals surface area contributed by atoms with Crippen LogP contribution in [-0.2, 0) is 14.4 Å². The Bertz CT molecular complexity index is 649. The minimum absolute atomic E-state index is 0.0786. The molecular weight excluding hydrogens is 308 g/mol. The summed E-state index contributed by atoms with van der Waals surface area (Å²) in [6, 6.07) is 6.77. The van der Waals surface area contributed by atoms with Gasteiger partial charge in [0.1, 0.15) is 0 Å².